The summed E-state index contributed by atoms with van der Waals surface area (Å²) in [6.07, 6.45) is 9.91. The molecule has 2 fully saturated rings. The summed E-state index contributed by atoms with van der Waals surface area (Å²) < 4.78 is 13.9. The fourth-order valence-electron chi connectivity index (χ4n) is 6.59. The Morgan fingerprint density at radius 1 is 1.18 bits per heavy atom. The molecule has 2 saturated heterocycles. The molecule has 1 unspecified atom stereocenters. The van der Waals surface area contributed by atoms with Gasteiger partial charge >= 0.3 is 0 Å². The standard InChI is InChI=1S/C31H42N4O3/c1-21(34-12-15-37-16-13-34)30(36)33(4)25-9-8-22-17-24(18-23(22)19-25)29-26-10-11-31(2,3)20-27(26)35(32-29)28-7-5-6-14-38-28/h8-9,17,19,21,28H,5-7,10-16,18,20H2,1-4H3/t21-,28?/m0/s1. The molecule has 6 rings (SSSR count). The molecule has 3 heterocycles. The van der Waals surface area contributed by atoms with Crippen LogP contribution in [0.25, 0.3) is 11.6 Å². The van der Waals surface area contributed by atoms with E-state index in [1.807, 2.05) is 18.9 Å². The maximum atomic E-state index is 13.3. The van der Waals surface area contributed by atoms with Gasteiger partial charge in [-0.1, -0.05) is 19.9 Å². The first kappa shape index (κ1) is 25.8. The number of hydrogen-bond donors (Lipinski definition) is 0. The summed E-state index contributed by atoms with van der Waals surface area (Å²) in [6, 6.07) is 6.28. The highest BCUT2D eigenvalue weighted by Crippen LogP contribution is 2.42. The van der Waals surface area contributed by atoms with Gasteiger partial charge in [-0.2, -0.15) is 5.10 Å². The summed E-state index contributed by atoms with van der Waals surface area (Å²) in [5, 5.41) is 5.25. The first-order valence-electron chi connectivity index (χ1n) is 14.5. The predicted molar refractivity (Wildman–Crippen MR) is 150 cm³/mol. The molecule has 0 bridgehead atoms. The Hall–Kier alpha value is -2.48. The van der Waals surface area contributed by atoms with Crippen molar-refractivity contribution in [3.63, 3.8) is 0 Å². The summed E-state index contributed by atoms with van der Waals surface area (Å²) in [5.74, 6) is 0.126. The molecule has 1 amide bonds. The Morgan fingerprint density at radius 2 is 2.00 bits per heavy atom. The third-order valence-corrected chi connectivity index (χ3v) is 9.05. The highest BCUT2D eigenvalue weighted by molar-refractivity contribution is 5.97. The van der Waals surface area contributed by atoms with Gasteiger partial charge in [-0.25, -0.2) is 4.68 Å². The van der Waals surface area contributed by atoms with Gasteiger partial charge in [0.2, 0.25) is 5.91 Å². The van der Waals surface area contributed by atoms with E-state index in [0.717, 1.165) is 63.2 Å². The molecule has 38 heavy (non-hydrogen) atoms. The molecule has 0 radical (unpaired) electrons. The van der Waals surface area contributed by atoms with Crippen molar-refractivity contribution in [3.05, 3.63) is 46.3 Å². The summed E-state index contributed by atoms with van der Waals surface area (Å²) in [7, 11) is 1.90. The van der Waals surface area contributed by atoms with Crippen molar-refractivity contribution in [2.45, 2.75) is 78.0 Å². The van der Waals surface area contributed by atoms with Gasteiger partial charge in [0.1, 0.15) is 6.23 Å². The zero-order chi connectivity index (χ0) is 26.4. The van der Waals surface area contributed by atoms with Crippen molar-refractivity contribution in [2.24, 2.45) is 5.41 Å². The SMILES string of the molecule is C[C@@H](C(=O)N(C)c1ccc2c(c1)CC(c1nn(C3CCCCO3)c3c1CCC(C)(C)C3)=C2)N1CCOCC1. The maximum absolute atomic E-state index is 13.3. The molecule has 1 aromatic carbocycles. The molecule has 0 saturated carbocycles. The Balaban J connectivity index is 1.24. The van der Waals surface area contributed by atoms with Crippen LogP contribution in [0.15, 0.2) is 18.2 Å². The van der Waals surface area contributed by atoms with Crippen molar-refractivity contribution in [3.8, 4) is 0 Å². The number of morpholine rings is 1. The molecule has 2 aromatic rings. The van der Waals surface area contributed by atoms with Crippen molar-refractivity contribution >= 4 is 23.2 Å². The lowest BCUT2D eigenvalue weighted by atomic mass is 9.76. The maximum Gasteiger partial charge on any atom is 0.243 e. The highest BCUT2D eigenvalue weighted by Gasteiger charge is 2.35. The normalized spacial score (nSPS) is 23.9. The molecule has 1 aromatic heterocycles. The fourth-order valence-corrected chi connectivity index (χ4v) is 6.59. The number of likely N-dealkylation sites (N-methyl/N-ethyl adjacent to an activating group) is 1. The second kappa shape index (κ2) is 10.2. The number of fused-ring (bicyclic) bond motifs is 2. The summed E-state index contributed by atoms with van der Waals surface area (Å²) in [5.41, 5.74) is 8.99. The quantitative estimate of drug-likeness (QED) is 0.565. The Kier molecular flexibility index (Phi) is 6.95. The van der Waals surface area contributed by atoms with Gasteiger partial charge in [0, 0.05) is 50.1 Å². The van der Waals surface area contributed by atoms with Crippen molar-refractivity contribution in [2.75, 3.05) is 44.9 Å². The van der Waals surface area contributed by atoms with E-state index >= 15 is 0 Å². The average molecular weight is 519 g/mol. The van der Waals surface area contributed by atoms with E-state index in [-0.39, 0.29) is 23.6 Å². The van der Waals surface area contributed by atoms with Gasteiger partial charge in [0.05, 0.1) is 24.9 Å². The van der Waals surface area contributed by atoms with Gasteiger partial charge in [-0.3, -0.25) is 9.69 Å². The number of rotatable bonds is 5. The van der Waals surface area contributed by atoms with Crippen LogP contribution >= 0.6 is 0 Å². The molecule has 2 atom stereocenters. The van der Waals surface area contributed by atoms with Crippen molar-refractivity contribution in [1.29, 1.82) is 0 Å². The molecule has 4 aliphatic rings. The lowest BCUT2D eigenvalue weighted by molar-refractivity contribution is -0.124. The van der Waals surface area contributed by atoms with Crippen LogP contribution in [0.4, 0.5) is 5.69 Å². The van der Waals surface area contributed by atoms with Gasteiger partial charge in [-0.05, 0) is 85.8 Å². The van der Waals surface area contributed by atoms with E-state index in [1.165, 1.54) is 40.8 Å². The Morgan fingerprint density at radius 3 is 2.76 bits per heavy atom. The van der Waals surface area contributed by atoms with Crippen LogP contribution in [-0.4, -0.2) is 66.6 Å². The number of carbonyl (C=O) groups excluding carboxylic acids is 1. The molecule has 2 aliphatic heterocycles. The van der Waals surface area contributed by atoms with Crippen LogP contribution in [0.2, 0.25) is 0 Å². The molecule has 7 heteroatoms. The van der Waals surface area contributed by atoms with E-state index < -0.39 is 0 Å². The highest BCUT2D eigenvalue weighted by atomic mass is 16.5. The Bertz CT molecular complexity index is 1230. The molecule has 0 N–H and O–H groups in total. The van der Waals surface area contributed by atoms with Gasteiger partial charge in [0.25, 0.3) is 0 Å². The first-order chi connectivity index (χ1) is 18.3. The number of anilines is 1. The lowest BCUT2D eigenvalue weighted by Gasteiger charge is -2.33. The minimum Gasteiger partial charge on any atom is -0.379 e. The number of ether oxygens (including phenoxy) is 2. The van der Waals surface area contributed by atoms with E-state index in [9.17, 15) is 4.79 Å². The third kappa shape index (κ3) is 4.85. The van der Waals surface area contributed by atoms with Gasteiger partial charge in [0.15, 0.2) is 0 Å². The smallest absolute Gasteiger partial charge is 0.243 e. The third-order valence-electron chi connectivity index (χ3n) is 9.05. The summed E-state index contributed by atoms with van der Waals surface area (Å²) >= 11 is 0. The van der Waals surface area contributed by atoms with E-state index in [0.29, 0.717) is 13.2 Å². The average Bonchev–Trinajstić information content (AvgIpc) is 3.52. The number of carbonyl (C=O) groups is 1. The molecule has 204 valence electrons. The van der Waals surface area contributed by atoms with E-state index in [2.05, 4.69) is 47.7 Å². The summed E-state index contributed by atoms with van der Waals surface area (Å²) in [6.45, 7) is 10.6. The fraction of sp³-hybridized carbons (Fsp3) is 0.613. The van der Waals surface area contributed by atoms with Crippen LogP contribution in [0.1, 0.15) is 80.8 Å². The zero-order valence-corrected chi connectivity index (χ0v) is 23.5. The van der Waals surface area contributed by atoms with Crippen LogP contribution in [-0.2, 0) is 33.5 Å². The number of benzene rings is 1. The lowest BCUT2D eigenvalue weighted by Crippen LogP contribution is -2.50. The van der Waals surface area contributed by atoms with Crippen LogP contribution < -0.4 is 4.90 Å². The van der Waals surface area contributed by atoms with E-state index in [4.69, 9.17) is 14.6 Å². The largest absolute Gasteiger partial charge is 0.379 e. The number of allylic oxidation sites excluding steroid dienone is 1. The minimum absolute atomic E-state index is 0.0595. The van der Waals surface area contributed by atoms with Crippen LogP contribution in [0, 0.1) is 5.41 Å². The number of hydrogen-bond acceptors (Lipinski definition) is 5. The Labute approximate surface area is 226 Å². The topological polar surface area (TPSA) is 59.8 Å². The molecular formula is C31H42N4O3. The monoisotopic (exact) mass is 518 g/mol. The second-order valence-electron chi connectivity index (χ2n) is 12.3. The van der Waals surface area contributed by atoms with Crippen LogP contribution in [0.3, 0.4) is 0 Å². The van der Waals surface area contributed by atoms with Crippen molar-refractivity contribution < 1.29 is 14.3 Å². The minimum atomic E-state index is -0.160. The molecule has 2 aliphatic carbocycles. The first-order valence-corrected chi connectivity index (χ1v) is 14.5. The number of nitrogens with zero attached hydrogens (tertiary/aromatic N) is 4. The molecular weight excluding hydrogens is 476 g/mol. The van der Waals surface area contributed by atoms with Crippen LogP contribution in [0.5, 0.6) is 0 Å². The molecule has 7 nitrogen and oxygen atoms in total. The zero-order valence-electron chi connectivity index (χ0n) is 23.5. The second-order valence-corrected chi connectivity index (χ2v) is 12.3. The number of amides is 1. The van der Waals surface area contributed by atoms with E-state index in [1.54, 1.807) is 0 Å². The number of aromatic nitrogens is 2. The van der Waals surface area contributed by atoms with Gasteiger partial charge in [-0.15, -0.1) is 0 Å². The van der Waals surface area contributed by atoms with Crippen molar-refractivity contribution in [1.82, 2.24) is 14.7 Å². The molecule has 0 spiro atoms. The predicted octanol–water partition coefficient (Wildman–Crippen LogP) is 4.88. The summed E-state index contributed by atoms with van der Waals surface area (Å²) in [4.78, 5) is 17.3. The van der Waals surface area contributed by atoms with Gasteiger partial charge < -0.3 is 14.4 Å².